The molecule has 2 rings (SSSR count). The van der Waals surface area contributed by atoms with Crippen molar-refractivity contribution in [2.45, 2.75) is 51.1 Å². The summed E-state index contributed by atoms with van der Waals surface area (Å²) in [4.78, 5) is 2.62. The van der Waals surface area contributed by atoms with E-state index >= 15 is 0 Å². The molecule has 2 heterocycles. The van der Waals surface area contributed by atoms with Gasteiger partial charge in [-0.3, -0.25) is 0 Å². The summed E-state index contributed by atoms with van der Waals surface area (Å²) >= 11 is 0. The number of hydrogen-bond donors (Lipinski definition) is 0. The molecule has 1 nitrogen and oxygen atoms in total. The van der Waals surface area contributed by atoms with Crippen LogP contribution in [0.25, 0.3) is 0 Å². The predicted molar refractivity (Wildman–Crippen MR) is 47.6 cm³/mol. The van der Waals surface area contributed by atoms with Crippen LogP contribution in [-0.4, -0.2) is 24.0 Å². The fourth-order valence-corrected chi connectivity index (χ4v) is 2.86. The van der Waals surface area contributed by atoms with Gasteiger partial charge in [-0.15, -0.1) is 0 Å². The van der Waals surface area contributed by atoms with Gasteiger partial charge in [0.15, 0.2) is 0 Å². The zero-order valence-electron chi connectivity index (χ0n) is 7.71. The highest BCUT2D eigenvalue weighted by molar-refractivity contribution is 4.92. The average Bonchev–Trinajstić information content (AvgIpc) is 2.26. The Morgan fingerprint density at radius 1 is 1.18 bits per heavy atom. The molecule has 64 valence electrons. The Hall–Kier alpha value is -0.0400. The van der Waals surface area contributed by atoms with Gasteiger partial charge >= 0.3 is 0 Å². The van der Waals surface area contributed by atoms with E-state index in [-0.39, 0.29) is 0 Å². The maximum absolute atomic E-state index is 2.62. The van der Waals surface area contributed by atoms with E-state index in [9.17, 15) is 0 Å². The number of piperidine rings is 1. The van der Waals surface area contributed by atoms with E-state index in [0.717, 1.165) is 18.0 Å². The van der Waals surface area contributed by atoms with Crippen LogP contribution in [-0.2, 0) is 0 Å². The summed E-state index contributed by atoms with van der Waals surface area (Å²) in [7, 11) is 2.31. The molecule has 0 aromatic rings. The normalized spacial score (nSPS) is 44.7. The van der Waals surface area contributed by atoms with Gasteiger partial charge in [0.1, 0.15) is 0 Å². The van der Waals surface area contributed by atoms with Crippen LogP contribution in [0.3, 0.4) is 0 Å². The smallest absolute Gasteiger partial charge is 0.00983 e. The Morgan fingerprint density at radius 2 is 1.73 bits per heavy atom. The van der Waals surface area contributed by atoms with Crippen molar-refractivity contribution >= 4 is 0 Å². The summed E-state index contributed by atoms with van der Waals surface area (Å²) in [5, 5.41) is 0. The molecule has 1 heteroatoms. The van der Waals surface area contributed by atoms with Gasteiger partial charge in [0, 0.05) is 12.1 Å². The van der Waals surface area contributed by atoms with Crippen molar-refractivity contribution < 1.29 is 0 Å². The molecule has 2 aliphatic heterocycles. The molecule has 2 saturated heterocycles. The summed E-state index contributed by atoms with van der Waals surface area (Å²) in [5.41, 5.74) is 0. The zero-order valence-corrected chi connectivity index (χ0v) is 7.71. The van der Waals surface area contributed by atoms with E-state index in [1.54, 1.807) is 0 Å². The van der Waals surface area contributed by atoms with E-state index in [2.05, 4.69) is 18.9 Å². The van der Waals surface area contributed by atoms with Crippen LogP contribution in [0.1, 0.15) is 39.0 Å². The van der Waals surface area contributed by atoms with Crippen molar-refractivity contribution in [3.05, 3.63) is 0 Å². The van der Waals surface area contributed by atoms with E-state index in [1.165, 1.54) is 32.1 Å². The van der Waals surface area contributed by atoms with Crippen LogP contribution in [0.5, 0.6) is 0 Å². The van der Waals surface area contributed by atoms with E-state index in [1.807, 2.05) is 0 Å². The maximum Gasteiger partial charge on any atom is 0.00983 e. The first-order valence-corrected chi connectivity index (χ1v) is 5.03. The molecular formula is C10H19N. The van der Waals surface area contributed by atoms with E-state index < -0.39 is 0 Å². The molecule has 0 spiro atoms. The van der Waals surface area contributed by atoms with Crippen molar-refractivity contribution in [3.8, 4) is 0 Å². The first-order valence-electron chi connectivity index (χ1n) is 5.03. The molecule has 0 N–H and O–H groups in total. The third kappa shape index (κ3) is 1.20. The lowest BCUT2D eigenvalue weighted by atomic mass is 9.89. The van der Waals surface area contributed by atoms with Crippen molar-refractivity contribution in [2.24, 2.45) is 5.92 Å². The predicted octanol–water partition coefficient (Wildman–Crippen LogP) is 2.27. The van der Waals surface area contributed by atoms with Crippen molar-refractivity contribution in [1.29, 1.82) is 0 Å². The molecule has 2 bridgehead atoms. The Morgan fingerprint density at radius 3 is 2.18 bits per heavy atom. The minimum Gasteiger partial charge on any atom is -0.300 e. The largest absolute Gasteiger partial charge is 0.300 e. The molecule has 2 fully saturated rings. The minimum absolute atomic E-state index is 0.943. The molecule has 2 atom stereocenters. The fraction of sp³-hybridized carbons (Fsp3) is 1.00. The standard InChI is InChI=1S/C10H19N/c1-3-8-6-9-4-5-10(7-8)11(9)2/h8-10H,3-7H2,1-2H3. The molecule has 0 amide bonds. The quantitative estimate of drug-likeness (QED) is 0.558. The van der Waals surface area contributed by atoms with Crippen LogP contribution >= 0.6 is 0 Å². The molecule has 0 aliphatic carbocycles. The minimum atomic E-state index is 0.943. The third-order valence-corrected chi connectivity index (χ3v) is 3.77. The molecule has 0 aromatic carbocycles. The molecule has 0 radical (unpaired) electrons. The number of fused-ring (bicyclic) bond motifs is 2. The second-order valence-electron chi connectivity index (χ2n) is 4.30. The third-order valence-electron chi connectivity index (χ3n) is 3.77. The topological polar surface area (TPSA) is 3.24 Å². The van der Waals surface area contributed by atoms with Crippen LogP contribution in [0.15, 0.2) is 0 Å². The summed E-state index contributed by atoms with van der Waals surface area (Å²) < 4.78 is 0. The molecule has 2 unspecified atom stereocenters. The number of nitrogens with zero attached hydrogens (tertiary/aromatic N) is 1. The summed E-state index contributed by atoms with van der Waals surface area (Å²) in [6.45, 7) is 2.34. The van der Waals surface area contributed by atoms with Crippen LogP contribution in [0.4, 0.5) is 0 Å². The van der Waals surface area contributed by atoms with Crippen LogP contribution in [0.2, 0.25) is 0 Å². The van der Waals surface area contributed by atoms with Gasteiger partial charge in [-0.25, -0.2) is 0 Å². The highest BCUT2D eigenvalue weighted by atomic mass is 15.2. The molecule has 2 aliphatic rings. The first kappa shape index (κ1) is 7.60. The average molecular weight is 153 g/mol. The number of hydrogen-bond acceptors (Lipinski definition) is 1. The number of rotatable bonds is 1. The lowest BCUT2D eigenvalue weighted by molar-refractivity contribution is 0.132. The monoisotopic (exact) mass is 153 g/mol. The SMILES string of the molecule is CCC1CC2CCC(C1)N2C. The van der Waals surface area contributed by atoms with Gasteiger partial charge in [0.25, 0.3) is 0 Å². The summed E-state index contributed by atoms with van der Waals surface area (Å²) in [5.74, 6) is 1.05. The molecular weight excluding hydrogens is 134 g/mol. The lowest BCUT2D eigenvalue weighted by Gasteiger charge is -2.35. The molecule has 0 aromatic heterocycles. The van der Waals surface area contributed by atoms with Gasteiger partial charge in [0.2, 0.25) is 0 Å². The van der Waals surface area contributed by atoms with Gasteiger partial charge in [0.05, 0.1) is 0 Å². The van der Waals surface area contributed by atoms with Gasteiger partial charge in [-0.1, -0.05) is 13.3 Å². The lowest BCUT2D eigenvalue weighted by Crippen LogP contribution is -2.39. The van der Waals surface area contributed by atoms with E-state index in [4.69, 9.17) is 0 Å². The first-order chi connectivity index (χ1) is 5.31. The highest BCUT2D eigenvalue weighted by Crippen LogP contribution is 2.38. The summed E-state index contributed by atoms with van der Waals surface area (Å²) in [6, 6.07) is 1.89. The Balaban J connectivity index is 2.02. The fourth-order valence-electron chi connectivity index (χ4n) is 2.86. The van der Waals surface area contributed by atoms with Gasteiger partial charge < -0.3 is 4.90 Å². The second kappa shape index (κ2) is 2.78. The van der Waals surface area contributed by atoms with Crippen LogP contribution in [0, 0.1) is 5.92 Å². The van der Waals surface area contributed by atoms with Crippen molar-refractivity contribution in [1.82, 2.24) is 4.90 Å². The Bertz CT molecular complexity index is 130. The maximum atomic E-state index is 2.62. The molecule has 0 saturated carbocycles. The zero-order chi connectivity index (χ0) is 7.84. The molecule has 11 heavy (non-hydrogen) atoms. The Kier molecular flexibility index (Phi) is 1.92. The summed E-state index contributed by atoms with van der Waals surface area (Å²) in [6.07, 6.45) is 7.29. The highest BCUT2D eigenvalue weighted by Gasteiger charge is 2.37. The van der Waals surface area contributed by atoms with E-state index in [0.29, 0.717) is 0 Å². The van der Waals surface area contributed by atoms with Crippen molar-refractivity contribution in [2.75, 3.05) is 7.05 Å². The van der Waals surface area contributed by atoms with Gasteiger partial charge in [-0.05, 0) is 38.6 Å². The van der Waals surface area contributed by atoms with Crippen LogP contribution < -0.4 is 0 Å². The van der Waals surface area contributed by atoms with Crippen molar-refractivity contribution in [3.63, 3.8) is 0 Å². The van der Waals surface area contributed by atoms with Gasteiger partial charge in [-0.2, -0.15) is 0 Å². The Labute approximate surface area is 69.8 Å². The second-order valence-corrected chi connectivity index (χ2v) is 4.30.